The Balaban J connectivity index is 1.48. The number of hydrogen-bond acceptors (Lipinski definition) is 3. The van der Waals surface area contributed by atoms with Crippen LogP contribution in [0.25, 0.3) is 0 Å². The summed E-state index contributed by atoms with van der Waals surface area (Å²) in [5, 5.41) is 3.47. The van der Waals surface area contributed by atoms with Crippen LogP contribution in [0.4, 0.5) is 10.5 Å². The molecule has 0 aliphatic carbocycles. The molecule has 2 amide bonds. The summed E-state index contributed by atoms with van der Waals surface area (Å²) in [4.78, 5) is 17.9. The van der Waals surface area contributed by atoms with Gasteiger partial charge in [-0.3, -0.25) is 4.98 Å². The van der Waals surface area contributed by atoms with Crippen LogP contribution in [0.2, 0.25) is 5.02 Å². The first-order chi connectivity index (χ1) is 10.6. The molecule has 2 heterocycles. The molecule has 0 radical (unpaired) electrons. The highest BCUT2D eigenvalue weighted by atomic mass is 35.5. The Morgan fingerprint density at radius 1 is 1.32 bits per heavy atom. The van der Waals surface area contributed by atoms with Crippen molar-refractivity contribution in [2.75, 3.05) is 18.4 Å². The van der Waals surface area contributed by atoms with E-state index in [9.17, 15) is 4.79 Å². The summed E-state index contributed by atoms with van der Waals surface area (Å²) in [6.07, 6.45) is 1.74. The fourth-order valence-corrected chi connectivity index (χ4v) is 2.33. The molecule has 22 heavy (non-hydrogen) atoms. The molecule has 1 aromatic heterocycles. The van der Waals surface area contributed by atoms with Crippen LogP contribution in [0.15, 0.2) is 42.6 Å². The molecule has 1 saturated heterocycles. The number of nitrogens with one attached hydrogen (secondary N) is 1. The minimum Gasteiger partial charge on any atom is -0.487 e. The van der Waals surface area contributed by atoms with Gasteiger partial charge in [-0.25, -0.2) is 4.79 Å². The number of benzene rings is 1. The molecule has 0 saturated carbocycles. The average Bonchev–Trinajstić information content (AvgIpc) is 2.45. The number of anilines is 1. The maximum atomic E-state index is 12.0. The van der Waals surface area contributed by atoms with E-state index >= 15 is 0 Å². The Bertz CT molecular complexity index is 669. The van der Waals surface area contributed by atoms with E-state index in [0.29, 0.717) is 18.1 Å². The number of likely N-dealkylation sites (tertiary alicyclic amines) is 1. The van der Waals surface area contributed by atoms with E-state index in [0.717, 1.165) is 17.1 Å². The molecule has 114 valence electrons. The lowest BCUT2D eigenvalue weighted by molar-refractivity contribution is 0.0492. The van der Waals surface area contributed by atoms with Crippen LogP contribution in [-0.2, 0) is 0 Å². The quantitative estimate of drug-likeness (QED) is 0.944. The van der Waals surface area contributed by atoms with E-state index in [2.05, 4.69) is 10.3 Å². The number of carbonyl (C=O) groups is 1. The number of nitrogens with zero attached hydrogens (tertiary/aromatic N) is 2. The predicted molar refractivity (Wildman–Crippen MR) is 85.4 cm³/mol. The van der Waals surface area contributed by atoms with E-state index < -0.39 is 0 Å². The Morgan fingerprint density at radius 3 is 2.73 bits per heavy atom. The topological polar surface area (TPSA) is 54.5 Å². The Kier molecular flexibility index (Phi) is 4.15. The van der Waals surface area contributed by atoms with Crippen molar-refractivity contribution in [2.45, 2.75) is 13.0 Å². The normalized spacial score (nSPS) is 14.4. The van der Waals surface area contributed by atoms with Crippen LogP contribution < -0.4 is 10.1 Å². The van der Waals surface area contributed by atoms with E-state index in [-0.39, 0.29) is 12.1 Å². The highest BCUT2D eigenvalue weighted by molar-refractivity contribution is 6.30. The molecule has 5 nitrogen and oxygen atoms in total. The number of amides is 2. The van der Waals surface area contributed by atoms with Crippen LogP contribution in [0.5, 0.6) is 5.75 Å². The Labute approximate surface area is 133 Å². The molecule has 0 bridgehead atoms. The van der Waals surface area contributed by atoms with Gasteiger partial charge in [-0.15, -0.1) is 0 Å². The monoisotopic (exact) mass is 317 g/mol. The summed E-state index contributed by atoms with van der Waals surface area (Å²) in [5.41, 5.74) is 1.64. The fourth-order valence-electron chi connectivity index (χ4n) is 2.20. The number of aromatic nitrogens is 1. The Morgan fingerprint density at radius 2 is 2.05 bits per heavy atom. The van der Waals surface area contributed by atoms with Crippen molar-refractivity contribution in [2.24, 2.45) is 0 Å². The first-order valence-electron chi connectivity index (χ1n) is 7.01. The standard InChI is InChI=1S/C16H16ClN3O2/c1-11-8-14(6-7-18-11)22-15-9-20(10-15)16(21)19-13-4-2-12(17)3-5-13/h2-8,15H,9-10H2,1H3,(H,19,21). The fraction of sp³-hybridized carbons (Fsp3) is 0.250. The number of halogens is 1. The van der Waals surface area contributed by atoms with E-state index in [1.807, 2.05) is 19.1 Å². The zero-order valence-corrected chi connectivity index (χ0v) is 12.9. The number of hydrogen-bond donors (Lipinski definition) is 1. The molecule has 1 aliphatic heterocycles. The number of pyridine rings is 1. The summed E-state index contributed by atoms with van der Waals surface area (Å²) in [5.74, 6) is 0.787. The van der Waals surface area contributed by atoms with Gasteiger partial charge in [0.2, 0.25) is 0 Å². The van der Waals surface area contributed by atoms with Gasteiger partial charge in [0.25, 0.3) is 0 Å². The maximum absolute atomic E-state index is 12.0. The molecule has 1 aromatic carbocycles. The number of aryl methyl sites for hydroxylation is 1. The minimum absolute atomic E-state index is 0.0257. The molecule has 2 aromatic rings. The molecule has 0 spiro atoms. The van der Waals surface area contributed by atoms with Crippen molar-refractivity contribution in [1.29, 1.82) is 0 Å². The summed E-state index contributed by atoms with van der Waals surface area (Å²) < 4.78 is 5.80. The maximum Gasteiger partial charge on any atom is 0.322 e. The van der Waals surface area contributed by atoms with Crippen molar-refractivity contribution in [3.8, 4) is 5.75 Å². The third-order valence-electron chi connectivity index (χ3n) is 3.40. The molecular formula is C16H16ClN3O2. The van der Waals surface area contributed by atoms with Crippen LogP contribution in [0.1, 0.15) is 5.69 Å². The highest BCUT2D eigenvalue weighted by Gasteiger charge is 2.32. The molecule has 3 rings (SSSR count). The SMILES string of the molecule is Cc1cc(OC2CN(C(=O)Nc3ccc(Cl)cc3)C2)ccn1. The molecule has 1 N–H and O–H groups in total. The third-order valence-corrected chi connectivity index (χ3v) is 3.65. The summed E-state index contributed by atoms with van der Waals surface area (Å²) in [6, 6.07) is 10.6. The number of ether oxygens (including phenoxy) is 1. The second-order valence-electron chi connectivity index (χ2n) is 5.21. The minimum atomic E-state index is -0.131. The van der Waals surface area contributed by atoms with Crippen molar-refractivity contribution < 1.29 is 9.53 Å². The van der Waals surface area contributed by atoms with Gasteiger partial charge in [0.15, 0.2) is 0 Å². The van der Waals surface area contributed by atoms with Gasteiger partial charge in [0.05, 0.1) is 13.1 Å². The van der Waals surface area contributed by atoms with Crippen molar-refractivity contribution in [3.63, 3.8) is 0 Å². The van der Waals surface area contributed by atoms with Gasteiger partial charge in [-0.1, -0.05) is 11.6 Å². The van der Waals surface area contributed by atoms with Gasteiger partial charge < -0.3 is 15.0 Å². The van der Waals surface area contributed by atoms with Gasteiger partial charge in [-0.2, -0.15) is 0 Å². The molecule has 1 fully saturated rings. The second kappa shape index (κ2) is 6.23. The highest BCUT2D eigenvalue weighted by Crippen LogP contribution is 2.20. The van der Waals surface area contributed by atoms with E-state index in [1.165, 1.54) is 0 Å². The zero-order valence-electron chi connectivity index (χ0n) is 12.1. The van der Waals surface area contributed by atoms with Crippen molar-refractivity contribution >= 4 is 23.3 Å². The molecular weight excluding hydrogens is 302 g/mol. The lowest BCUT2D eigenvalue weighted by Crippen LogP contribution is -2.57. The molecule has 1 aliphatic rings. The first-order valence-corrected chi connectivity index (χ1v) is 7.39. The molecule has 0 atom stereocenters. The number of urea groups is 1. The summed E-state index contributed by atoms with van der Waals surface area (Å²) >= 11 is 5.81. The van der Waals surface area contributed by atoms with Gasteiger partial charge >= 0.3 is 6.03 Å². The smallest absolute Gasteiger partial charge is 0.322 e. The summed E-state index contributed by atoms with van der Waals surface area (Å²) in [6.45, 7) is 3.06. The molecule has 0 unspecified atom stereocenters. The van der Waals surface area contributed by atoms with Crippen LogP contribution in [-0.4, -0.2) is 35.1 Å². The predicted octanol–water partition coefficient (Wildman–Crippen LogP) is 3.34. The summed E-state index contributed by atoms with van der Waals surface area (Å²) in [7, 11) is 0. The van der Waals surface area contributed by atoms with Crippen LogP contribution in [0, 0.1) is 6.92 Å². The van der Waals surface area contributed by atoms with Gasteiger partial charge in [0.1, 0.15) is 11.9 Å². The van der Waals surface area contributed by atoms with Gasteiger partial charge in [0, 0.05) is 28.7 Å². The van der Waals surface area contributed by atoms with Gasteiger partial charge in [-0.05, 0) is 37.3 Å². The van der Waals surface area contributed by atoms with Crippen molar-refractivity contribution in [3.05, 3.63) is 53.3 Å². The lowest BCUT2D eigenvalue weighted by atomic mass is 10.2. The second-order valence-corrected chi connectivity index (χ2v) is 5.65. The lowest BCUT2D eigenvalue weighted by Gasteiger charge is -2.38. The van der Waals surface area contributed by atoms with Crippen LogP contribution in [0.3, 0.4) is 0 Å². The average molecular weight is 318 g/mol. The Hall–Kier alpha value is -2.27. The molecule has 6 heteroatoms. The number of rotatable bonds is 3. The zero-order chi connectivity index (χ0) is 15.5. The van der Waals surface area contributed by atoms with Crippen LogP contribution >= 0.6 is 11.6 Å². The number of carbonyl (C=O) groups excluding carboxylic acids is 1. The van der Waals surface area contributed by atoms with Crippen molar-refractivity contribution in [1.82, 2.24) is 9.88 Å². The van der Waals surface area contributed by atoms with E-state index in [4.69, 9.17) is 16.3 Å². The largest absolute Gasteiger partial charge is 0.487 e. The third kappa shape index (κ3) is 3.49. The first kappa shape index (κ1) is 14.7. The van der Waals surface area contributed by atoms with E-state index in [1.54, 1.807) is 35.4 Å².